The molecule has 6 heteroatoms. The average Bonchev–Trinajstić information content (AvgIpc) is 2.47. The first kappa shape index (κ1) is 14.6. The molecule has 0 saturated carbocycles. The van der Waals surface area contributed by atoms with E-state index < -0.39 is 18.3 Å². The predicted molar refractivity (Wildman–Crippen MR) is 72.8 cm³/mol. The van der Waals surface area contributed by atoms with Crippen molar-refractivity contribution in [2.24, 2.45) is 0 Å². The van der Waals surface area contributed by atoms with Gasteiger partial charge in [-0.05, 0) is 36.4 Å². The van der Waals surface area contributed by atoms with Gasteiger partial charge in [0.05, 0.1) is 5.56 Å². The first-order valence-electron chi connectivity index (χ1n) is 6.00. The van der Waals surface area contributed by atoms with E-state index in [1.807, 2.05) is 0 Å². The van der Waals surface area contributed by atoms with Crippen molar-refractivity contribution in [3.8, 4) is 0 Å². The summed E-state index contributed by atoms with van der Waals surface area (Å²) in [5.74, 6) is -1.59. The monoisotopic (exact) mass is 291 g/mol. The molecule has 2 N–H and O–H groups in total. The Labute approximate surface area is 119 Å². The minimum Gasteiger partial charge on any atom is -0.478 e. The van der Waals surface area contributed by atoms with E-state index in [4.69, 9.17) is 5.11 Å². The average molecular weight is 291 g/mol. The second-order valence-electron chi connectivity index (χ2n) is 4.26. The van der Waals surface area contributed by atoms with Crippen LogP contribution < -0.4 is 5.32 Å². The molecule has 21 heavy (non-hydrogen) atoms. The van der Waals surface area contributed by atoms with Crippen LogP contribution in [-0.4, -0.2) is 17.0 Å². The van der Waals surface area contributed by atoms with Gasteiger partial charge in [0.15, 0.2) is 0 Å². The van der Waals surface area contributed by atoms with E-state index in [2.05, 4.69) is 5.32 Å². The zero-order chi connectivity index (χ0) is 15.4. The first-order valence-corrected chi connectivity index (χ1v) is 6.00. The molecule has 0 aliphatic rings. The fourth-order valence-electron chi connectivity index (χ4n) is 1.72. The van der Waals surface area contributed by atoms with Crippen molar-refractivity contribution in [3.05, 3.63) is 65.2 Å². The summed E-state index contributed by atoms with van der Waals surface area (Å²) in [6, 6.07) is 10.7. The third kappa shape index (κ3) is 3.62. The molecule has 0 spiro atoms. The molecule has 0 radical (unpaired) electrons. The number of hydrogen-bond acceptors (Lipinski definition) is 2. The molecular weight excluding hydrogens is 280 g/mol. The van der Waals surface area contributed by atoms with E-state index in [1.54, 1.807) is 0 Å². The van der Waals surface area contributed by atoms with Crippen LogP contribution in [0.15, 0.2) is 48.5 Å². The summed E-state index contributed by atoms with van der Waals surface area (Å²) in [5, 5.41) is 11.2. The molecule has 0 bridgehead atoms. The van der Waals surface area contributed by atoms with Crippen LogP contribution in [0.5, 0.6) is 0 Å². The maximum absolute atomic E-state index is 12.6. The van der Waals surface area contributed by atoms with Gasteiger partial charge in [0.1, 0.15) is 0 Å². The van der Waals surface area contributed by atoms with Crippen LogP contribution in [0, 0.1) is 0 Å². The number of rotatable bonds is 4. The summed E-state index contributed by atoms with van der Waals surface area (Å²) in [5.41, 5.74) is 0.364. The summed E-state index contributed by atoms with van der Waals surface area (Å²) in [7, 11) is 0. The molecule has 0 unspecified atom stereocenters. The Balaban J connectivity index is 2.14. The standard InChI is InChI=1S/C15H11F2NO3/c16-13(17)11-2-1-3-12(8-11)18-14(19)9-4-6-10(7-5-9)15(20)21/h1-8,13H,(H,18,19)(H,20,21). The van der Waals surface area contributed by atoms with Crippen LogP contribution in [-0.2, 0) is 0 Å². The van der Waals surface area contributed by atoms with Crippen molar-refractivity contribution < 1.29 is 23.5 Å². The van der Waals surface area contributed by atoms with Crippen molar-refractivity contribution in [2.75, 3.05) is 5.32 Å². The molecule has 4 nitrogen and oxygen atoms in total. The third-order valence-corrected chi connectivity index (χ3v) is 2.79. The maximum Gasteiger partial charge on any atom is 0.335 e. The minimum atomic E-state index is -2.61. The molecule has 108 valence electrons. The van der Waals surface area contributed by atoms with Crippen molar-refractivity contribution in [1.29, 1.82) is 0 Å². The number of carbonyl (C=O) groups is 2. The molecule has 0 aliphatic heterocycles. The summed E-state index contributed by atoms with van der Waals surface area (Å²) in [4.78, 5) is 22.6. The van der Waals surface area contributed by atoms with Crippen LogP contribution in [0.3, 0.4) is 0 Å². The van der Waals surface area contributed by atoms with Gasteiger partial charge in [-0.1, -0.05) is 12.1 Å². The Hall–Kier alpha value is -2.76. The topological polar surface area (TPSA) is 66.4 Å². The molecule has 0 aliphatic carbocycles. The molecule has 0 heterocycles. The van der Waals surface area contributed by atoms with E-state index in [9.17, 15) is 18.4 Å². The Morgan fingerprint density at radius 3 is 2.19 bits per heavy atom. The normalized spacial score (nSPS) is 10.4. The number of anilines is 1. The number of hydrogen-bond donors (Lipinski definition) is 2. The number of aromatic carboxylic acids is 1. The Morgan fingerprint density at radius 2 is 1.62 bits per heavy atom. The van der Waals surface area contributed by atoms with Crippen LogP contribution in [0.2, 0.25) is 0 Å². The van der Waals surface area contributed by atoms with Gasteiger partial charge in [-0.25, -0.2) is 13.6 Å². The number of carbonyl (C=O) groups excluding carboxylic acids is 1. The van der Waals surface area contributed by atoms with E-state index >= 15 is 0 Å². The predicted octanol–water partition coefficient (Wildman–Crippen LogP) is 3.57. The lowest BCUT2D eigenvalue weighted by molar-refractivity contribution is 0.0696. The minimum absolute atomic E-state index is 0.0613. The fourth-order valence-corrected chi connectivity index (χ4v) is 1.72. The number of halogens is 2. The van der Waals surface area contributed by atoms with Crippen LogP contribution in [0.4, 0.5) is 14.5 Å². The fraction of sp³-hybridized carbons (Fsp3) is 0.0667. The number of carboxylic acids is 1. The van der Waals surface area contributed by atoms with Gasteiger partial charge in [-0.3, -0.25) is 4.79 Å². The summed E-state index contributed by atoms with van der Waals surface area (Å²) < 4.78 is 25.1. The molecule has 2 aromatic rings. The van der Waals surface area contributed by atoms with Crippen molar-refractivity contribution in [3.63, 3.8) is 0 Å². The molecular formula is C15H11F2NO3. The van der Waals surface area contributed by atoms with Gasteiger partial charge >= 0.3 is 5.97 Å². The Bertz CT molecular complexity index is 669. The third-order valence-electron chi connectivity index (χ3n) is 2.79. The van der Waals surface area contributed by atoms with E-state index in [-0.39, 0.29) is 22.4 Å². The largest absolute Gasteiger partial charge is 0.478 e. The zero-order valence-electron chi connectivity index (χ0n) is 10.7. The molecule has 1 amide bonds. The number of amides is 1. The quantitative estimate of drug-likeness (QED) is 0.905. The molecule has 0 atom stereocenters. The molecule has 0 fully saturated rings. The lowest BCUT2D eigenvalue weighted by Crippen LogP contribution is -2.12. The summed E-state index contributed by atoms with van der Waals surface area (Å²) >= 11 is 0. The van der Waals surface area contributed by atoms with Gasteiger partial charge in [-0.15, -0.1) is 0 Å². The van der Waals surface area contributed by atoms with Gasteiger partial charge in [0, 0.05) is 16.8 Å². The molecule has 0 aromatic heterocycles. The number of nitrogens with one attached hydrogen (secondary N) is 1. The second-order valence-corrected chi connectivity index (χ2v) is 4.26. The van der Waals surface area contributed by atoms with Crippen LogP contribution >= 0.6 is 0 Å². The Kier molecular flexibility index (Phi) is 4.27. The van der Waals surface area contributed by atoms with Gasteiger partial charge in [-0.2, -0.15) is 0 Å². The Morgan fingerprint density at radius 1 is 1.00 bits per heavy atom. The SMILES string of the molecule is O=C(O)c1ccc(C(=O)Nc2cccc(C(F)F)c2)cc1. The molecule has 2 rings (SSSR count). The van der Waals surface area contributed by atoms with E-state index in [1.165, 1.54) is 48.5 Å². The van der Waals surface area contributed by atoms with Crippen molar-refractivity contribution in [1.82, 2.24) is 0 Å². The van der Waals surface area contributed by atoms with Gasteiger partial charge in [0.25, 0.3) is 12.3 Å². The van der Waals surface area contributed by atoms with Crippen molar-refractivity contribution in [2.45, 2.75) is 6.43 Å². The number of benzene rings is 2. The maximum atomic E-state index is 12.6. The number of alkyl halides is 2. The first-order chi connectivity index (χ1) is 9.97. The lowest BCUT2D eigenvalue weighted by Gasteiger charge is -2.07. The highest BCUT2D eigenvalue weighted by atomic mass is 19.3. The molecule has 0 saturated heterocycles. The highest BCUT2D eigenvalue weighted by Gasteiger charge is 2.10. The van der Waals surface area contributed by atoms with Gasteiger partial charge in [0.2, 0.25) is 0 Å². The van der Waals surface area contributed by atoms with E-state index in [0.29, 0.717) is 0 Å². The van der Waals surface area contributed by atoms with Crippen LogP contribution in [0.1, 0.15) is 32.7 Å². The summed E-state index contributed by atoms with van der Waals surface area (Å²) in [6.07, 6.45) is -2.61. The lowest BCUT2D eigenvalue weighted by atomic mass is 10.1. The van der Waals surface area contributed by atoms with Crippen molar-refractivity contribution >= 4 is 17.6 Å². The zero-order valence-corrected chi connectivity index (χ0v) is 10.7. The second kappa shape index (κ2) is 6.13. The number of carboxylic acid groups (broad SMARTS) is 1. The smallest absolute Gasteiger partial charge is 0.335 e. The molecule has 2 aromatic carbocycles. The van der Waals surface area contributed by atoms with Crippen LogP contribution in [0.25, 0.3) is 0 Å². The van der Waals surface area contributed by atoms with E-state index in [0.717, 1.165) is 0 Å². The van der Waals surface area contributed by atoms with Gasteiger partial charge < -0.3 is 10.4 Å². The highest BCUT2D eigenvalue weighted by Crippen LogP contribution is 2.22. The highest BCUT2D eigenvalue weighted by molar-refractivity contribution is 6.04. The summed E-state index contributed by atoms with van der Waals surface area (Å²) in [6.45, 7) is 0.